The lowest BCUT2D eigenvalue weighted by Crippen LogP contribution is -2.60. The summed E-state index contributed by atoms with van der Waals surface area (Å²) in [7, 11) is 0. The maximum Gasteiger partial charge on any atom is 0.256 e. The zero-order valence-corrected chi connectivity index (χ0v) is 13.1. The molecule has 0 bridgehead atoms. The summed E-state index contributed by atoms with van der Waals surface area (Å²) in [6.07, 6.45) is 0. The highest BCUT2D eigenvalue weighted by Gasteiger charge is 2.42. The van der Waals surface area contributed by atoms with Gasteiger partial charge in [0.05, 0.1) is 31.0 Å². The predicted molar refractivity (Wildman–Crippen MR) is 79.1 cm³/mol. The molecule has 7 heteroatoms. The van der Waals surface area contributed by atoms with Crippen molar-refractivity contribution in [2.45, 2.75) is 19.1 Å². The molecule has 2 fully saturated rings. The zero-order chi connectivity index (χ0) is 14.7. The van der Waals surface area contributed by atoms with E-state index in [0.29, 0.717) is 39.5 Å². The molecule has 1 aromatic heterocycles. The van der Waals surface area contributed by atoms with E-state index in [1.54, 1.807) is 11.3 Å². The first kappa shape index (κ1) is 14.9. The van der Waals surface area contributed by atoms with Gasteiger partial charge in [-0.25, -0.2) is 4.98 Å². The summed E-state index contributed by atoms with van der Waals surface area (Å²) in [6.45, 7) is 7.25. The summed E-state index contributed by atoms with van der Waals surface area (Å²) in [5.41, 5.74) is 2.14. The Morgan fingerprint density at radius 1 is 1.38 bits per heavy atom. The van der Waals surface area contributed by atoms with Gasteiger partial charge in [-0.2, -0.15) is 0 Å². The second-order valence-electron chi connectivity index (χ2n) is 5.67. The van der Waals surface area contributed by atoms with Gasteiger partial charge in [0, 0.05) is 38.1 Å². The van der Waals surface area contributed by atoms with Crippen molar-refractivity contribution in [3.63, 3.8) is 0 Å². The van der Waals surface area contributed by atoms with Crippen molar-refractivity contribution < 1.29 is 14.3 Å². The minimum Gasteiger partial charge on any atom is -0.378 e. The van der Waals surface area contributed by atoms with E-state index in [4.69, 9.17) is 9.47 Å². The number of hydrogen-bond donors (Lipinski definition) is 0. The minimum absolute atomic E-state index is 0.0776. The summed E-state index contributed by atoms with van der Waals surface area (Å²) in [6, 6.07) is 0. The standard InChI is InChI=1S/C14H21N3O3S/c1-14(13(18)17-3-5-19-6-4-17)10-16(2-7-20-14)8-12-9-21-11-15-12/h9,11H,2-8,10H2,1H3/t14-/m1/s1. The molecule has 0 aromatic carbocycles. The monoisotopic (exact) mass is 311 g/mol. The summed E-state index contributed by atoms with van der Waals surface area (Å²) in [4.78, 5) is 21.1. The molecule has 0 N–H and O–H groups in total. The van der Waals surface area contributed by atoms with E-state index in [1.165, 1.54) is 0 Å². The van der Waals surface area contributed by atoms with Crippen LogP contribution in [0.2, 0.25) is 0 Å². The molecule has 1 aromatic rings. The molecular weight excluding hydrogens is 290 g/mol. The Kier molecular flexibility index (Phi) is 4.54. The summed E-state index contributed by atoms with van der Waals surface area (Å²) in [5.74, 6) is 0.0776. The second kappa shape index (κ2) is 6.39. The Balaban J connectivity index is 1.64. The second-order valence-corrected chi connectivity index (χ2v) is 6.39. The summed E-state index contributed by atoms with van der Waals surface area (Å²) < 4.78 is 11.1. The highest BCUT2D eigenvalue weighted by molar-refractivity contribution is 7.07. The largest absolute Gasteiger partial charge is 0.378 e. The molecule has 0 unspecified atom stereocenters. The van der Waals surface area contributed by atoms with Gasteiger partial charge in [0.2, 0.25) is 0 Å². The van der Waals surface area contributed by atoms with Crippen molar-refractivity contribution in [1.29, 1.82) is 0 Å². The number of morpholine rings is 2. The van der Waals surface area contributed by atoms with Gasteiger partial charge in [0.1, 0.15) is 0 Å². The van der Waals surface area contributed by atoms with Crippen LogP contribution in [0.1, 0.15) is 12.6 Å². The first-order valence-corrected chi connectivity index (χ1v) is 8.22. The maximum absolute atomic E-state index is 12.7. The first-order chi connectivity index (χ1) is 10.2. The molecule has 116 valence electrons. The quantitative estimate of drug-likeness (QED) is 0.818. The van der Waals surface area contributed by atoms with Gasteiger partial charge in [-0.3, -0.25) is 9.69 Å². The number of rotatable bonds is 3. The van der Waals surface area contributed by atoms with Gasteiger partial charge >= 0.3 is 0 Å². The molecule has 3 heterocycles. The van der Waals surface area contributed by atoms with Crippen molar-refractivity contribution in [2.75, 3.05) is 46.0 Å². The highest BCUT2D eigenvalue weighted by Crippen LogP contribution is 2.22. The lowest BCUT2D eigenvalue weighted by atomic mass is 10.0. The van der Waals surface area contributed by atoms with E-state index in [9.17, 15) is 4.79 Å². The van der Waals surface area contributed by atoms with Gasteiger partial charge in [0.15, 0.2) is 5.60 Å². The number of carbonyl (C=O) groups is 1. The smallest absolute Gasteiger partial charge is 0.256 e. The van der Waals surface area contributed by atoms with Gasteiger partial charge in [0.25, 0.3) is 5.91 Å². The van der Waals surface area contributed by atoms with Gasteiger partial charge in [-0.15, -0.1) is 11.3 Å². The van der Waals surface area contributed by atoms with Crippen LogP contribution in [-0.2, 0) is 20.8 Å². The molecule has 1 amide bonds. The fourth-order valence-corrected chi connectivity index (χ4v) is 3.41. The number of amides is 1. The Labute approximate surface area is 128 Å². The van der Waals surface area contributed by atoms with E-state index in [2.05, 4.69) is 15.3 Å². The maximum atomic E-state index is 12.7. The fourth-order valence-electron chi connectivity index (χ4n) is 2.86. The molecule has 0 radical (unpaired) electrons. The minimum atomic E-state index is -0.758. The van der Waals surface area contributed by atoms with Crippen LogP contribution in [0, 0.1) is 0 Å². The predicted octanol–water partition coefficient (Wildman–Crippen LogP) is 0.593. The third kappa shape index (κ3) is 3.42. The average Bonchev–Trinajstić information content (AvgIpc) is 3.00. The number of hydrogen-bond acceptors (Lipinski definition) is 6. The molecule has 3 rings (SSSR count). The number of thiazole rings is 1. The molecule has 6 nitrogen and oxygen atoms in total. The van der Waals surface area contributed by atoms with Crippen LogP contribution < -0.4 is 0 Å². The van der Waals surface area contributed by atoms with Crippen LogP contribution in [0.15, 0.2) is 10.9 Å². The van der Waals surface area contributed by atoms with Crippen LogP contribution in [0.25, 0.3) is 0 Å². The van der Waals surface area contributed by atoms with Crippen LogP contribution in [-0.4, -0.2) is 72.3 Å². The normalized spacial score (nSPS) is 27.8. The molecule has 2 aliphatic rings. The van der Waals surface area contributed by atoms with E-state index >= 15 is 0 Å². The third-order valence-corrected chi connectivity index (χ3v) is 4.61. The number of carbonyl (C=O) groups excluding carboxylic acids is 1. The van der Waals surface area contributed by atoms with Crippen LogP contribution in [0.5, 0.6) is 0 Å². The van der Waals surface area contributed by atoms with E-state index in [1.807, 2.05) is 17.3 Å². The molecule has 0 aliphatic carbocycles. The molecule has 1 atom stereocenters. The van der Waals surface area contributed by atoms with Crippen molar-refractivity contribution in [1.82, 2.24) is 14.8 Å². The van der Waals surface area contributed by atoms with Crippen LogP contribution >= 0.6 is 11.3 Å². The SMILES string of the molecule is C[C@]1(C(=O)N2CCOCC2)CN(Cc2cscn2)CCO1. The molecule has 2 saturated heterocycles. The van der Waals surface area contributed by atoms with Gasteiger partial charge in [-0.1, -0.05) is 0 Å². The Morgan fingerprint density at radius 2 is 2.19 bits per heavy atom. The van der Waals surface area contributed by atoms with Crippen molar-refractivity contribution in [3.05, 3.63) is 16.6 Å². The lowest BCUT2D eigenvalue weighted by molar-refractivity contribution is -0.171. The van der Waals surface area contributed by atoms with Crippen molar-refractivity contribution in [2.24, 2.45) is 0 Å². The van der Waals surface area contributed by atoms with Crippen LogP contribution in [0.4, 0.5) is 0 Å². The number of nitrogens with zero attached hydrogens (tertiary/aromatic N) is 3. The van der Waals surface area contributed by atoms with Crippen molar-refractivity contribution >= 4 is 17.2 Å². The van der Waals surface area contributed by atoms with E-state index < -0.39 is 5.60 Å². The third-order valence-electron chi connectivity index (χ3n) is 3.97. The van der Waals surface area contributed by atoms with Gasteiger partial charge < -0.3 is 14.4 Å². The van der Waals surface area contributed by atoms with Crippen molar-refractivity contribution in [3.8, 4) is 0 Å². The molecule has 2 aliphatic heterocycles. The van der Waals surface area contributed by atoms with E-state index in [-0.39, 0.29) is 5.91 Å². The molecule has 21 heavy (non-hydrogen) atoms. The first-order valence-electron chi connectivity index (χ1n) is 7.28. The zero-order valence-electron chi connectivity index (χ0n) is 12.3. The van der Waals surface area contributed by atoms with E-state index in [0.717, 1.165) is 18.8 Å². The number of ether oxygens (including phenoxy) is 2. The topological polar surface area (TPSA) is 54.9 Å². The van der Waals surface area contributed by atoms with Gasteiger partial charge in [-0.05, 0) is 6.92 Å². The summed E-state index contributed by atoms with van der Waals surface area (Å²) in [5, 5.41) is 2.05. The molecule has 0 saturated carbocycles. The Morgan fingerprint density at radius 3 is 2.90 bits per heavy atom. The highest BCUT2D eigenvalue weighted by atomic mass is 32.1. The average molecular weight is 311 g/mol. The molecular formula is C14H21N3O3S. The number of aromatic nitrogens is 1. The summed E-state index contributed by atoms with van der Waals surface area (Å²) >= 11 is 1.60. The lowest BCUT2D eigenvalue weighted by Gasteiger charge is -2.42. The fraction of sp³-hybridized carbons (Fsp3) is 0.714. The Hall–Kier alpha value is -1.02. The Bertz CT molecular complexity index is 476. The van der Waals surface area contributed by atoms with Crippen LogP contribution in [0.3, 0.4) is 0 Å². The molecule has 0 spiro atoms.